The van der Waals surface area contributed by atoms with Gasteiger partial charge in [-0.3, -0.25) is 9.69 Å². The lowest BCUT2D eigenvalue weighted by molar-refractivity contribution is -0.274. The Morgan fingerprint density at radius 3 is 2.47 bits per heavy atom. The van der Waals surface area contributed by atoms with Crippen molar-refractivity contribution >= 4 is 11.6 Å². The third kappa shape index (κ3) is 6.96. The van der Waals surface area contributed by atoms with Crippen LogP contribution in [0.1, 0.15) is 5.56 Å². The van der Waals surface area contributed by atoms with E-state index in [-0.39, 0.29) is 30.9 Å². The summed E-state index contributed by atoms with van der Waals surface area (Å²) in [5, 5.41) is 17.7. The van der Waals surface area contributed by atoms with Gasteiger partial charge in [-0.1, -0.05) is 6.07 Å². The van der Waals surface area contributed by atoms with Crippen molar-refractivity contribution in [2.24, 2.45) is 0 Å². The van der Waals surface area contributed by atoms with Crippen LogP contribution in [0.2, 0.25) is 0 Å². The molecule has 3 rings (SSSR count). The van der Waals surface area contributed by atoms with Gasteiger partial charge in [0.15, 0.2) is 0 Å². The molecule has 13 heteroatoms. The Balaban J connectivity index is 1.68. The number of rotatable bonds is 9. The second-order valence-corrected chi connectivity index (χ2v) is 7.54. The van der Waals surface area contributed by atoms with E-state index in [1.807, 2.05) is 0 Å². The molecule has 2 N–H and O–H groups in total. The van der Waals surface area contributed by atoms with Gasteiger partial charge in [-0.05, 0) is 37.4 Å². The molecule has 1 aromatic heterocycles. The number of halogens is 5. The maximum absolute atomic E-state index is 14.5. The Bertz CT molecular complexity index is 1110. The highest BCUT2D eigenvalue weighted by molar-refractivity contribution is 5.92. The lowest BCUT2D eigenvalue weighted by Crippen LogP contribution is -2.45. The molecular weight excluding hydrogens is 465 g/mol. The first-order valence-corrected chi connectivity index (χ1v) is 9.78. The van der Waals surface area contributed by atoms with Crippen molar-refractivity contribution in [2.45, 2.75) is 18.5 Å². The lowest BCUT2D eigenvalue weighted by Gasteiger charge is -2.33. The molecule has 1 atom stereocenters. The largest absolute Gasteiger partial charge is 0.573 e. The molecule has 0 radical (unpaired) electrons. The van der Waals surface area contributed by atoms with E-state index >= 15 is 0 Å². The van der Waals surface area contributed by atoms with Gasteiger partial charge in [0, 0.05) is 23.9 Å². The van der Waals surface area contributed by atoms with Crippen LogP contribution in [0, 0.1) is 11.6 Å². The van der Waals surface area contributed by atoms with Gasteiger partial charge in [0.2, 0.25) is 5.91 Å². The van der Waals surface area contributed by atoms with E-state index in [1.165, 1.54) is 41.4 Å². The summed E-state index contributed by atoms with van der Waals surface area (Å²) < 4.78 is 69.7. The first kappa shape index (κ1) is 25.1. The number of nitrogens with one attached hydrogen (secondary N) is 1. The van der Waals surface area contributed by atoms with Gasteiger partial charge in [0.25, 0.3) is 0 Å². The molecule has 0 aliphatic carbocycles. The average Bonchev–Trinajstić information content (AvgIpc) is 3.20. The number of hydrogen-bond acceptors (Lipinski definition) is 6. The van der Waals surface area contributed by atoms with Crippen LogP contribution in [0.25, 0.3) is 0 Å². The molecule has 34 heavy (non-hydrogen) atoms. The average molecular weight is 485 g/mol. The molecule has 2 aromatic carbocycles. The minimum atomic E-state index is -4.83. The minimum Gasteiger partial charge on any atom is -0.406 e. The van der Waals surface area contributed by atoms with Crippen molar-refractivity contribution in [3.63, 3.8) is 0 Å². The number of aliphatic hydroxyl groups is 1. The van der Waals surface area contributed by atoms with Gasteiger partial charge >= 0.3 is 6.36 Å². The Kier molecular flexibility index (Phi) is 7.47. The predicted molar refractivity (Wildman–Crippen MR) is 110 cm³/mol. The molecule has 3 aromatic rings. The second kappa shape index (κ2) is 10.1. The van der Waals surface area contributed by atoms with E-state index in [2.05, 4.69) is 20.1 Å². The van der Waals surface area contributed by atoms with Crippen LogP contribution >= 0.6 is 0 Å². The van der Waals surface area contributed by atoms with E-state index in [0.29, 0.717) is 6.07 Å². The normalized spacial score (nSPS) is 13.5. The van der Waals surface area contributed by atoms with Crippen LogP contribution in [0.3, 0.4) is 0 Å². The summed E-state index contributed by atoms with van der Waals surface area (Å²) in [5.74, 6) is -2.78. The van der Waals surface area contributed by atoms with Gasteiger partial charge < -0.3 is 15.2 Å². The molecule has 0 aliphatic heterocycles. The van der Waals surface area contributed by atoms with Crippen molar-refractivity contribution in [1.82, 2.24) is 19.7 Å². The number of aromatic nitrogens is 3. The topological polar surface area (TPSA) is 92.5 Å². The Labute approximate surface area is 190 Å². The highest BCUT2D eigenvalue weighted by Gasteiger charge is 2.35. The zero-order chi connectivity index (χ0) is 24.9. The molecular formula is C21H20F5N5O3. The van der Waals surface area contributed by atoms with Gasteiger partial charge in [0.05, 0.1) is 13.1 Å². The van der Waals surface area contributed by atoms with Crippen LogP contribution in [0.4, 0.5) is 27.6 Å². The Hall–Kier alpha value is -3.58. The summed E-state index contributed by atoms with van der Waals surface area (Å²) in [5.41, 5.74) is -1.89. The van der Waals surface area contributed by atoms with Gasteiger partial charge in [-0.25, -0.2) is 18.4 Å². The van der Waals surface area contributed by atoms with Crippen molar-refractivity contribution in [2.75, 3.05) is 25.5 Å². The number of anilines is 1. The summed E-state index contributed by atoms with van der Waals surface area (Å²) in [4.78, 5) is 17.6. The highest BCUT2D eigenvalue weighted by Crippen LogP contribution is 2.28. The molecule has 0 bridgehead atoms. The Morgan fingerprint density at radius 2 is 1.88 bits per heavy atom. The molecule has 0 saturated heterocycles. The number of likely N-dealkylation sites (N-methyl/N-ethyl adjacent to an activating group) is 1. The zero-order valence-electron chi connectivity index (χ0n) is 17.8. The monoisotopic (exact) mass is 485 g/mol. The summed E-state index contributed by atoms with van der Waals surface area (Å²) in [7, 11) is 1.49. The van der Waals surface area contributed by atoms with Crippen LogP contribution < -0.4 is 10.1 Å². The van der Waals surface area contributed by atoms with E-state index < -0.39 is 35.3 Å². The molecule has 182 valence electrons. The summed E-state index contributed by atoms with van der Waals surface area (Å²) in [6.45, 7) is -0.743. The Morgan fingerprint density at radius 1 is 1.18 bits per heavy atom. The first-order chi connectivity index (χ1) is 15.9. The second-order valence-electron chi connectivity index (χ2n) is 7.54. The maximum Gasteiger partial charge on any atom is 0.573 e. The van der Waals surface area contributed by atoms with Gasteiger partial charge in [0.1, 0.15) is 35.6 Å². The number of amides is 1. The zero-order valence-corrected chi connectivity index (χ0v) is 17.8. The quantitative estimate of drug-likeness (QED) is 0.453. The van der Waals surface area contributed by atoms with Gasteiger partial charge in [-0.2, -0.15) is 5.10 Å². The first-order valence-electron chi connectivity index (χ1n) is 9.78. The molecule has 1 amide bonds. The number of nitrogens with zero attached hydrogens (tertiary/aromatic N) is 4. The fourth-order valence-electron chi connectivity index (χ4n) is 3.36. The number of ether oxygens (including phenoxy) is 1. The smallest absolute Gasteiger partial charge is 0.406 e. The number of benzene rings is 2. The van der Waals surface area contributed by atoms with Crippen molar-refractivity contribution in [3.8, 4) is 5.75 Å². The fourth-order valence-corrected chi connectivity index (χ4v) is 3.36. The van der Waals surface area contributed by atoms with E-state index in [9.17, 15) is 31.9 Å². The van der Waals surface area contributed by atoms with E-state index in [1.54, 1.807) is 0 Å². The molecule has 1 heterocycles. The fraction of sp³-hybridized carbons (Fsp3) is 0.286. The SMILES string of the molecule is CN(CC(=O)Nc1ccc(OC(F)(F)F)cc1)CC(O)(Cn1cncn1)c1ccc(F)cc1F. The van der Waals surface area contributed by atoms with E-state index in [0.717, 1.165) is 24.3 Å². The third-order valence-corrected chi connectivity index (χ3v) is 4.64. The summed E-state index contributed by atoms with van der Waals surface area (Å²) in [6.07, 6.45) is -2.30. The maximum atomic E-state index is 14.5. The summed E-state index contributed by atoms with van der Waals surface area (Å²) >= 11 is 0. The van der Waals surface area contributed by atoms with Crippen LogP contribution in [0.15, 0.2) is 55.1 Å². The van der Waals surface area contributed by atoms with E-state index in [4.69, 9.17) is 0 Å². The number of carbonyl (C=O) groups excluding carboxylic acids is 1. The van der Waals surface area contributed by atoms with Crippen molar-refractivity contribution in [1.29, 1.82) is 0 Å². The number of carbonyl (C=O) groups is 1. The molecule has 1 unspecified atom stereocenters. The molecule has 8 nitrogen and oxygen atoms in total. The lowest BCUT2D eigenvalue weighted by atomic mass is 9.92. The molecule has 0 spiro atoms. The minimum absolute atomic E-state index is 0.197. The van der Waals surface area contributed by atoms with Crippen molar-refractivity contribution in [3.05, 3.63) is 72.3 Å². The van der Waals surface area contributed by atoms with Crippen LogP contribution in [-0.2, 0) is 16.9 Å². The number of alkyl halides is 3. The number of hydrogen-bond donors (Lipinski definition) is 2. The van der Waals surface area contributed by atoms with Crippen molar-refractivity contribution < 1.29 is 36.6 Å². The predicted octanol–water partition coefficient (Wildman–Crippen LogP) is 2.91. The standard InChI is InChI=1S/C21H20F5N5O3/c1-30(9-19(32)29-15-3-5-16(6-4-15)34-21(24,25)26)10-20(33,11-31-13-27-12-28-31)17-7-2-14(22)8-18(17)23/h2-8,12-13,33H,9-11H2,1H3,(H,29,32). The van der Waals surface area contributed by atoms with Gasteiger partial charge in [-0.15, -0.1) is 13.2 Å². The highest BCUT2D eigenvalue weighted by atomic mass is 19.4. The molecule has 0 aliphatic rings. The molecule has 0 fully saturated rings. The third-order valence-electron chi connectivity index (χ3n) is 4.64. The van der Waals surface area contributed by atoms with Crippen LogP contribution in [0.5, 0.6) is 5.75 Å². The van der Waals surface area contributed by atoms with Crippen LogP contribution in [-0.4, -0.2) is 57.2 Å². The summed E-state index contributed by atoms with van der Waals surface area (Å²) in [6, 6.07) is 7.30. The molecule has 0 saturated carbocycles.